The van der Waals surface area contributed by atoms with E-state index >= 15 is 0 Å². The number of hydrogen-bond acceptors (Lipinski definition) is 4. The average Bonchev–Trinajstić information content (AvgIpc) is 2.28. The molecular formula is C9H12N2O5S. The van der Waals surface area contributed by atoms with Gasteiger partial charge >= 0.3 is 5.97 Å². The van der Waals surface area contributed by atoms with E-state index < -0.39 is 16.2 Å². The van der Waals surface area contributed by atoms with E-state index in [4.69, 9.17) is 9.84 Å². The number of methoxy groups -OCH3 is 1. The molecule has 0 saturated carbocycles. The van der Waals surface area contributed by atoms with Crippen molar-refractivity contribution in [3.63, 3.8) is 0 Å². The molecule has 0 unspecified atom stereocenters. The molecule has 0 bridgehead atoms. The summed E-state index contributed by atoms with van der Waals surface area (Å²) in [6.45, 7) is 0. The van der Waals surface area contributed by atoms with Gasteiger partial charge < -0.3 is 9.84 Å². The third-order valence-electron chi connectivity index (χ3n) is 1.97. The van der Waals surface area contributed by atoms with Gasteiger partial charge in [0.25, 0.3) is 10.2 Å². The van der Waals surface area contributed by atoms with E-state index in [2.05, 4.69) is 4.72 Å². The lowest BCUT2D eigenvalue weighted by molar-refractivity contribution is 0.0698. The zero-order valence-corrected chi connectivity index (χ0v) is 10.0. The van der Waals surface area contributed by atoms with Crippen molar-refractivity contribution in [3.8, 4) is 5.75 Å². The van der Waals surface area contributed by atoms with Gasteiger partial charge in [-0.1, -0.05) is 0 Å². The topological polar surface area (TPSA) is 105 Å². The molecule has 0 radical (unpaired) electrons. The van der Waals surface area contributed by atoms with Crippen LogP contribution in [-0.2, 0) is 10.2 Å². The van der Waals surface area contributed by atoms with E-state index in [-0.39, 0.29) is 11.3 Å². The van der Waals surface area contributed by atoms with Crippen molar-refractivity contribution in [2.24, 2.45) is 0 Å². The third kappa shape index (κ3) is 3.33. The quantitative estimate of drug-likeness (QED) is 0.704. The van der Waals surface area contributed by atoms with Gasteiger partial charge in [0.15, 0.2) is 0 Å². The van der Waals surface area contributed by atoms with Gasteiger partial charge in [0.1, 0.15) is 5.75 Å². The summed E-state index contributed by atoms with van der Waals surface area (Å²) in [5.74, 6) is -0.884. The van der Waals surface area contributed by atoms with Crippen LogP contribution >= 0.6 is 0 Å². The van der Waals surface area contributed by atoms with Crippen LogP contribution in [-0.4, -0.2) is 33.7 Å². The average molecular weight is 260 g/mol. The van der Waals surface area contributed by atoms with Crippen molar-refractivity contribution in [1.29, 1.82) is 0 Å². The van der Waals surface area contributed by atoms with Crippen LogP contribution < -0.4 is 14.2 Å². The molecule has 0 fully saturated rings. The second-order valence-electron chi connectivity index (χ2n) is 3.03. The normalized spacial score (nSPS) is 10.9. The predicted octanol–water partition coefficient (Wildman–Crippen LogP) is 0.269. The molecule has 7 nitrogen and oxygen atoms in total. The fraction of sp³-hybridized carbons (Fsp3) is 0.222. The van der Waals surface area contributed by atoms with Crippen LogP contribution in [0.4, 0.5) is 5.69 Å². The van der Waals surface area contributed by atoms with Gasteiger partial charge in [0, 0.05) is 13.1 Å². The minimum Gasteiger partial charge on any atom is -0.497 e. The maximum Gasteiger partial charge on any atom is 0.337 e. The number of rotatable bonds is 5. The number of anilines is 1. The monoisotopic (exact) mass is 260 g/mol. The molecule has 1 aromatic carbocycles. The molecule has 1 aromatic rings. The summed E-state index contributed by atoms with van der Waals surface area (Å²) in [5.41, 5.74) is -0.226. The molecular weight excluding hydrogens is 248 g/mol. The van der Waals surface area contributed by atoms with E-state index in [1.165, 1.54) is 32.4 Å². The first-order valence-corrected chi connectivity index (χ1v) is 6.00. The van der Waals surface area contributed by atoms with E-state index in [9.17, 15) is 13.2 Å². The molecule has 0 aliphatic carbocycles. The smallest absolute Gasteiger partial charge is 0.337 e. The van der Waals surface area contributed by atoms with Gasteiger partial charge in [-0.3, -0.25) is 4.72 Å². The van der Waals surface area contributed by atoms with Crippen molar-refractivity contribution >= 4 is 21.9 Å². The molecule has 3 N–H and O–H groups in total. The van der Waals surface area contributed by atoms with Crippen LogP contribution in [0.3, 0.4) is 0 Å². The van der Waals surface area contributed by atoms with Crippen molar-refractivity contribution in [1.82, 2.24) is 4.72 Å². The number of benzene rings is 1. The molecule has 0 aliphatic heterocycles. The van der Waals surface area contributed by atoms with Gasteiger partial charge in [-0.25, -0.2) is 9.52 Å². The van der Waals surface area contributed by atoms with Crippen molar-refractivity contribution in [3.05, 3.63) is 23.8 Å². The Hall–Kier alpha value is -1.80. The summed E-state index contributed by atoms with van der Waals surface area (Å²) in [6, 6.07) is 3.98. The zero-order valence-electron chi connectivity index (χ0n) is 9.22. The minimum atomic E-state index is -3.77. The highest BCUT2D eigenvalue weighted by molar-refractivity contribution is 7.90. The molecule has 0 amide bonds. The summed E-state index contributed by atoms with van der Waals surface area (Å²) in [5, 5.41) is 8.90. The third-order valence-corrected chi connectivity index (χ3v) is 3.00. The summed E-state index contributed by atoms with van der Waals surface area (Å²) < 4.78 is 31.6. The largest absolute Gasteiger partial charge is 0.497 e. The van der Waals surface area contributed by atoms with Crippen LogP contribution in [0.1, 0.15) is 10.4 Å². The maximum absolute atomic E-state index is 11.3. The number of carbonyl (C=O) groups is 1. The van der Waals surface area contributed by atoms with Crippen molar-refractivity contribution < 1.29 is 23.1 Å². The first-order chi connectivity index (χ1) is 7.89. The lowest BCUT2D eigenvalue weighted by Gasteiger charge is -2.10. The van der Waals surface area contributed by atoms with Gasteiger partial charge in [-0.2, -0.15) is 8.42 Å². The highest BCUT2D eigenvalue weighted by Crippen LogP contribution is 2.23. The summed E-state index contributed by atoms with van der Waals surface area (Å²) in [4.78, 5) is 10.9. The Morgan fingerprint density at radius 1 is 1.41 bits per heavy atom. The molecule has 8 heteroatoms. The molecule has 94 valence electrons. The molecule has 0 spiro atoms. The fourth-order valence-electron chi connectivity index (χ4n) is 1.12. The molecule has 0 aliphatic rings. The van der Waals surface area contributed by atoms with E-state index in [0.29, 0.717) is 5.75 Å². The number of hydrogen-bond donors (Lipinski definition) is 3. The molecule has 17 heavy (non-hydrogen) atoms. The lowest BCUT2D eigenvalue weighted by Crippen LogP contribution is -2.27. The Kier molecular flexibility index (Phi) is 3.92. The van der Waals surface area contributed by atoms with E-state index in [0.717, 1.165) is 0 Å². The molecule has 0 heterocycles. The minimum absolute atomic E-state index is 0.0637. The van der Waals surface area contributed by atoms with Crippen LogP contribution in [0.5, 0.6) is 5.75 Å². The second-order valence-corrected chi connectivity index (χ2v) is 4.65. The molecule has 0 saturated heterocycles. The second kappa shape index (κ2) is 5.02. The van der Waals surface area contributed by atoms with Crippen molar-refractivity contribution in [2.45, 2.75) is 0 Å². The Balaban J connectivity index is 3.23. The number of nitrogens with one attached hydrogen (secondary N) is 2. The zero-order chi connectivity index (χ0) is 13.1. The number of carboxylic acid groups (broad SMARTS) is 1. The Morgan fingerprint density at radius 3 is 2.53 bits per heavy atom. The van der Waals surface area contributed by atoms with Crippen LogP contribution in [0.2, 0.25) is 0 Å². The fourth-order valence-corrected chi connectivity index (χ4v) is 1.68. The van der Waals surface area contributed by atoms with Gasteiger partial charge in [0.05, 0.1) is 18.4 Å². The van der Waals surface area contributed by atoms with Gasteiger partial charge in [-0.15, -0.1) is 0 Å². The standard InChI is InChI=1S/C9H12N2O5S/c1-10-17(14,15)11-8-5-6(16-2)3-4-7(8)9(12)13/h3-5,10-11H,1-2H3,(H,12,13). The Morgan fingerprint density at radius 2 is 2.06 bits per heavy atom. The highest BCUT2D eigenvalue weighted by atomic mass is 32.2. The van der Waals surface area contributed by atoms with E-state index in [1.807, 2.05) is 4.72 Å². The number of ether oxygens (including phenoxy) is 1. The summed E-state index contributed by atoms with van der Waals surface area (Å²) in [7, 11) is -1.17. The molecule has 0 atom stereocenters. The Labute approximate surface area is 98.6 Å². The first kappa shape index (κ1) is 13.3. The van der Waals surface area contributed by atoms with Gasteiger partial charge in [0.2, 0.25) is 0 Å². The molecule has 0 aromatic heterocycles. The van der Waals surface area contributed by atoms with Gasteiger partial charge in [-0.05, 0) is 12.1 Å². The summed E-state index contributed by atoms with van der Waals surface area (Å²) in [6.07, 6.45) is 0. The Bertz CT molecular complexity index is 526. The summed E-state index contributed by atoms with van der Waals surface area (Å²) >= 11 is 0. The number of carboxylic acids is 1. The van der Waals surface area contributed by atoms with E-state index in [1.54, 1.807) is 0 Å². The van der Waals surface area contributed by atoms with Crippen LogP contribution in [0, 0.1) is 0 Å². The van der Waals surface area contributed by atoms with Crippen LogP contribution in [0.25, 0.3) is 0 Å². The van der Waals surface area contributed by atoms with Crippen molar-refractivity contribution in [2.75, 3.05) is 18.9 Å². The lowest BCUT2D eigenvalue weighted by atomic mass is 10.2. The predicted molar refractivity (Wildman–Crippen MR) is 61.6 cm³/mol. The van der Waals surface area contributed by atoms with Crippen LogP contribution in [0.15, 0.2) is 18.2 Å². The SMILES string of the molecule is CNS(=O)(=O)Nc1cc(OC)ccc1C(=O)O. The highest BCUT2D eigenvalue weighted by Gasteiger charge is 2.15. The molecule has 1 rings (SSSR count). The number of aromatic carboxylic acids is 1. The maximum atomic E-state index is 11.3. The first-order valence-electron chi connectivity index (χ1n) is 4.52.